The molecule has 1 rings (SSSR count). The largest absolute Gasteiger partial charge is 0.352 e. The number of halogens is 2. The normalized spacial score (nSPS) is 11.7. The maximum atomic E-state index is 13.7. The molecule has 112 valence electrons. The zero-order chi connectivity index (χ0) is 15.5. The predicted octanol–water partition coefficient (Wildman–Crippen LogP) is 2.84. The quantitative estimate of drug-likeness (QED) is 0.848. The van der Waals surface area contributed by atoms with E-state index in [-0.39, 0.29) is 11.1 Å². The van der Waals surface area contributed by atoms with Crippen molar-refractivity contribution in [2.75, 3.05) is 6.54 Å². The second-order valence-electron chi connectivity index (χ2n) is 4.98. The lowest BCUT2D eigenvalue weighted by Crippen LogP contribution is -2.25. The number of nitrogens with one attached hydrogen (secondary N) is 1. The van der Waals surface area contributed by atoms with Crippen molar-refractivity contribution in [1.29, 1.82) is 0 Å². The van der Waals surface area contributed by atoms with Crippen molar-refractivity contribution in [2.45, 2.75) is 32.1 Å². The molecule has 7 heteroatoms. The monoisotopic (exact) mass is 321 g/mol. The summed E-state index contributed by atoms with van der Waals surface area (Å²) in [7, 11) is 0.930. The highest BCUT2D eigenvalue weighted by atomic mass is 35.7. The van der Waals surface area contributed by atoms with Gasteiger partial charge in [0.15, 0.2) is 0 Å². The van der Waals surface area contributed by atoms with E-state index in [0.717, 1.165) is 12.5 Å². The van der Waals surface area contributed by atoms with Crippen LogP contribution < -0.4 is 5.32 Å². The Hall–Kier alpha value is -1.14. The van der Waals surface area contributed by atoms with Gasteiger partial charge in [-0.3, -0.25) is 4.79 Å². The van der Waals surface area contributed by atoms with Crippen molar-refractivity contribution in [1.82, 2.24) is 5.32 Å². The topological polar surface area (TPSA) is 63.2 Å². The molecule has 0 spiro atoms. The van der Waals surface area contributed by atoms with Crippen LogP contribution in [-0.2, 0) is 9.05 Å². The second kappa shape index (κ2) is 6.54. The average Bonchev–Trinajstić information content (AvgIpc) is 2.30. The number of aryl methyl sites for hydroxylation is 1. The van der Waals surface area contributed by atoms with Gasteiger partial charge in [-0.25, -0.2) is 12.8 Å². The molecule has 0 fully saturated rings. The van der Waals surface area contributed by atoms with Crippen LogP contribution in [0.25, 0.3) is 0 Å². The molecule has 0 bridgehead atoms. The molecule has 1 aromatic carbocycles. The lowest BCUT2D eigenvalue weighted by atomic mass is 10.1. The first-order valence-corrected chi connectivity index (χ1v) is 8.47. The third kappa shape index (κ3) is 4.45. The Morgan fingerprint density at radius 3 is 2.50 bits per heavy atom. The van der Waals surface area contributed by atoms with E-state index < -0.39 is 25.7 Å². The van der Waals surface area contributed by atoms with Crippen molar-refractivity contribution < 1.29 is 17.6 Å². The molecule has 0 heterocycles. The first-order chi connectivity index (χ1) is 9.12. The zero-order valence-corrected chi connectivity index (χ0v) is 13.1. The molecule has 0 saturated carbocycles. The van der Waals surface area contributed by atoms with E-state index in [1.54, 1.807) is 0 Å². The molecule has 4 nitrogen and oxygen atoms in total. The highest BCUT2D eigenvalue weighted by Gasteiger charge is 2.21. The summed E-state index contributed by atoms with van der Waals surface area (Å²) in [5.41, 5.74) is 0.132. The van der Waals surface area contributed by atoms with Gasteiger partial charge >= 0.3 is 0 Å². The van der Waals surface area contributed by atoms with E-state index in [2.05, 4.69) is 5.32 Å². The zero-order valence-electron chi connectivity index (χ0n) is 11.5. The van der Waals surface area contributed by atoms with E-state index in [9.17, 15) is 17.6 Å². The molecule has 0 radical (unpaired) electrons. The van der Waals surface area contributed by atoms with Gasteiger partial charge in [-0.15, -0.1) is 0 Å². The highest BCUT2D eigenvalue weighted by Crippen LogP contribution is 2.23. The molecule has 0 aromatic heterocycles. The first kappa shape index (κ1) is 16.9. The van der Waals surface area contributed by atoms with Gasteiger partial charge in [-0.1, -0.05) is 13.8 Å². The SMILES string of the molecule is Cc1cc(C(=O)NCCC(C)C)cc(S(=O)(=O)Cl)c1F. The predicted molar refractivity (Wildman–Crippen MR) is 76.0 cm³/mol. The summed E-state index contributed by atoms with van der Waals surface area (Å²) in [6, 6.07) is 2.25. The van der Waals surface area contributed by atoms with E-state index >= 15 is 0 Å². The van der Waals surface area contributed by atoms with Crippen LogP contribution in [0.4, 0.5) is 4.39 Å². The summed E-state index contributed by atoms with van der Waals surface area (Å²) in [4.78, 5) is 11.2. The van der Waals surface area contributed by atoms with Crippen molar-refractivity contribution in [3.8, 4) is 0 Å². The Morgan fingerprint density at radius 1 is 1.40 bits per heavy atom. The standard InChI is InChI=1S/C13H17ClFNO3S/c1-8(2)4-5-16-13(17)10-6-9(3)12(15)11(7-10)20(14,18)19/h6-8H,4-5H2,1-3H3,(H,16,17). The molecule has 0 aliphatic rings. The number of hydrogen-bond donors (Lipinski definition) is 1. The van der Waals surface area contributed by atoms with Crippen molar-refractivity contribution in [3.05, 3.63) is 29.1 Å². The molecule has 0 saturated heterocycles. The van der Waals surface area contributed by atoms with Crippen LogP contribution in [-0.4, -0.2) is 20.9 Å². The summed E-state index contributed by atoms with van der Waals surface area (Å²) in [5, 5.41) is 2.66. The number of carbonyl (C=O) groups is 1. The molecule has 0 aliphatic heterocycles. The Bertz CT molecular complexity index is 614. The highest BCUT2D eigenvalue weighted by molar-refractivity contribution is 8.13. The van der Waals surface area contributed by atoms with Gasteiger partial charge in [0.1, 0.15) is 10.7 Å². The molecule has 0 atom stereocenters. The lowest BCUT2D eigenvalue weighted by Gasteiger charge is -2.09. The smallest absolute Gasteiger partial charge is 0.264 e. The average molecular weight is 322 g/mol. The third-order valence-electron chi connectivity index (χ3n) is 2.75. The Labute approximate surface area is 122 Å². The molecule has 20 heavy (non-hydrogen) atoms. The molecular formula is C13H17ClFNO3S. The van der Waals surface area contributed by atoms with E-state index in [1.807, 2.05) is 13.8 Å². The maximum Gasteiger partial charge on any atom is 0.264 e. The number of hydrogen-bond acceptors (Lipinski definition) is 3. The summed E-state index contributed by atoms with van der Waals surface area (Å²) in [6.07, 6.45) is 0.798. The van der Waals surface area contributed by atoms with Gasteiger partial charge in [-0.2, -0.15) is 0 Å². The van der Waals surface area contributed by atoms with Crippen molar-refractivity contribution in [3.63, 3.8) is 0 Å². The molecule has 0 aliphatic carbocycles. The lowest BCUT2D eigenvalue weighted by molar-refractivity contribution is 0.0951. The van der Waals surface area contributed by atoms with E-state index in [0.29, 0.717) is 12.5 Å². The Balaban J connectivity index is 3.03. The minimum atomic E-state index is -4.23. The minimum Gasteiger partial charge on any atom is -0.352 e. The third-order valence-corrected chi connectivity index (χ3v) is 4.07. The van der Waals surface area contributed by atoms with Crippen molar-refractivity contribution in [2.24, 2.45) is 5.92 Å². The fourth-order valence-corrected chi connectivity index (χ4v) is 2.60. The molecule has 0 unspecified atom stereocenters. The molecule has 1 amide bonds. The number of benzene rings is 1. The molecule has 1 aromatic rings. The van der Waals surface area contributed by atoms with Crippen LogP contribution in [0, 0.1) is 18.7 Å². The van der Waals surface area contributed by atoms with E-state index in [1.165, 1.54) is 13.0 Å². The summed E-state index contributed by atoms with van der Waals surface area (Å²) in [5.74, 6) is -0.946. The van der Waals surface area contributed by atoms with Crippen LogP contribution >= 0.6 is 10.7 Å². The first-order valence-electron chi connectivity index (χ1n) is 6.16. The number of carbonyl (C=O) groups excluding carboxylic acids is 1. The second-order valence-corrected chi connectivity index (χ2v) is 7.52. The summed E-state index contributed by atoms with van der Waals surface area (Å²) >= 11 is 0. The fourth-order valence-electron chi connectivity index (χ4n) is 1.62. The number of amides is 1. The Morgan fingerprint density at radius 2 is 2.00 bits per heavy atom. The van der Waals surface area contributed by atoms with Gasteiger partial charge in [0.2, 0.25) is 0 Å². The molecular weight excluding hydrogens is 305 g/mol. The van der Waals surface area contributed by atoms with Crippen LogP contribution in [0.15, 0.2) is 17.0 Å². The molecule has 1 N–H and O–H groups in total. The van der Waals surface area contributed by atoms with E-state index in [4.69, 9.17) is 10.7 Å². The van der Waals surface area contributed by atoms with Crippen molar-refractivity contribution >= 4 is 25.6 Å². The van der Waals surface area contributed by atoms with Crippen LogP contribution in [0.2, 0.25) is 0 Å². The van der Waals surface area contributed by atoms with Gasteiger partial charge in [0.25, 0.3) is 15.0 Å². The number of rotatable bonds is 5. The van der Waals surface area contributed by atoms with Gasteiger partial charge < -0.3 is 5.32 Å². The van der Waals surface area contributed by atoms with Gasteiger partial charge in [0, 0.05) is 22.8 Å². The summed E-state index contributed by atoms with van der Waals surface area (Å²) in [6.45, 7) is 5.89. The van der Waals surface area contributed by atoms with Crippen LogP contribution in [0.1, 0.15) is 36.2 Å². The van der Waals surface area contributed by atoms with Gasteiger partial charge in [-0.05, 0) is 37.0 Å². The fraction of sp³-hybridized carbons (Fsp3) is 0.462. The minimum absolute atomic E-state index is 0.0562. The Kier molecular flexibility index (Phi) is 5.53. The summed E-state index contributed by atoms with van der Waals surface area (Å²) < 4.78 is 36.3. The maximum absolute atomic E-state index is 13.7. The van der Waals surface area contributed by atoms with Crippen LogP contribution in [0.5, 0.6) is 0 Å². The van der Waals surface area contributed by atoms with Gasteiger partial charge in [0.05, 0.1) is 0 Å². The van der Waals surface area contributed by atoms with Crippen LogP contribution in [0.3, 0.4) is 0 Å².